The van der Waals surface area contributed by atoms with Crippen molar-refractivity contribution in [3.8, 4) is 11.3 Å². The summed E-state index contributed by atoms with van der Waals surface area (Å²) >= 11 is 0. The normalized spacial score (nSPS) is 10.7. The Labute approximate surface area is 105 Å². The number of likely N-dealkylation sites (N-methyl/N-ethyl adjacent to an activating group) is 1. The number of aromatic nitrogens is 1. The first-order chi connectivity index (χ1) is 8.81. The van der Waals surface area contributed by atoms with E-state index in [1.54, 1.807) is 12.3 Å². The molecule has 0 aliphatic rings. The van der Waals surface area contributed by atoms with Crippen molar-refractivity contribution >= 4 is 12.0 Å². The average molecular weight is 242 g/mol. The summed E-state index contributed by atoms with van der Waals surface area (Å²) < 4.78 is 5.21. The van der Waals surface area contributed by atoms with Gasteiger partial charge in [-0.25, -0.2) is 0 Å². The van der Waals surface area contributed by atoms with E-state index in [0.717, 1.165) is 11.1 Å². The first-order valence-corrected chi connectivity index (χ1v) is 5.77. The summed E-state index contributed by atoms with van der Waals surface area (Å²) in [4.78, 5) is 11.3. The van der Waals surface area contributed by atoms with Crippen LogP contribution in [0.25, 0.3) is 17.4 Å². The molecule has 0 saturated carbocycles. The molecule has 1 heterocycles. The van der Waals surface area contributed by atoms with Crippen LogP contribution >= 0.6 is 0 Å². The SMILES string of the molecule is CCNC(=O)C=Cc1cnoc1-c1ccccc1. The summed E-state index contributed by atoms with van der Waals surface area (Å²) in [6.07, 6.45) is 4.77. The molecule has 1 aromatic heterocycles. The van der Waals surface area contributed by atoms with Gasteiger partial charge in [0.05, 0.1) is 6.20 Å². The molecule has 0 saturated heterocycles. The summed E-state index contributed by atoms with van der Waals surface area (Å²) in [6, 6.07) is 9.66. The van der Waals surface area contributed by atoms with Crippen LogP contribution in [0.3, 0.4) is 0 Å². The molecule has 0 spiro atoms. The van der Waals surface area contributed by atoms with E-state index in [4.69, 9.17) is 4.52 Å². The van der Waals surface area contributed by atoms with Gasteiger partial charge in [-0.05, 0) is 13.0 Å². The predicted octanol–water partition coefficient (Wildman–Crippen LogP) is 2.49. The lowest BCUT2D eigenvalue weighted by Gasteiger charge is -1.97. The van der Waals surface area contributed by atoms with Gasteiger partial charge in [-0.1, -0.05) is 35.5 Å². The number of nitrogens with zero attached hydrogens (tertiary/aromatic N) is 1. The zero-order valence-electron chi connectivity index (χ0n) is 10.1. The number of rotatable bonds is 4. The molecule has 0 aliphatic carbocycles. The third-order valence-corrected chi connectivity index (χ3v) is 2.40. The molecule has 4 nitrogen and oxygen atoms in total. The molecule has 0 atom stereocenters. The highest BCUT2D eigenvalue weighted by Gasteiger charge is 2.07. The minimum absolute atomic E-state index is 0.127. The summed E-state index contributed by atoms with van der Waals surface area (Å²) in [6.45, 7) is 2.49. The molecule has 0 bridgehead atoms. The second-order valence-electron chi connectivity index (χ2n) is 3.70. The quantitative estimate of drug-likeness (QED) is 0.838. The number of nitrogens with one attached hydrogen (secondary N) is 1. The average Bonchev–Trinajstić information content (AvgIpc) is 2.86. The fourth-order valence-corrected chi connectivity index (χ4v) is 1.57. The minimum Gasteiger partial charge on any atom is -0.356 e. The third kappa shape index (κ3) is 2.85. The second-order valence-corrected chi connectivity index (χ2v) is 3.70. The van der Waals surface area contributed by atoms with E-state index in [1.165, 1.54) is 6.08 Å². The van der Waals surface area contributed by atoms with Gasteiger partial charge in [-0.15, -0.1) is 0 Å². The highest BCUT2D eigenvalue weighted by atomic mass is 16.5. The standard InChI is InChI=1S/C14H14N2O2/c1-2-15-13(17)9-8-12-10-16-18-14(12)11-6-4-3-5-7-11/h3-10H,2H2,1H3,(H,15,17). The number of hydrogen-bond acceptors (Lipinski definition) is 3. The van der Waals surface area contributed by atoms with Gasteiger partial charge >= 0.3 is 0 Å². The number of carbonyl (C=O) groups excluding carboxylic acids is 1. The van der Waals surface area contributed by atoms with Gasteiger partial charge < -0.3 is 9.84 Å². The van der Waals surface area contributed by atoms with Crippen molar-refractivity contribution in [3.05, 3.63) is 48.2 Å². The molecule has 1 amide bonds. The highest BCUT2D eigenvalue weighted by molar-refractivity contribution is 5.92. The Morgan fingerprint density at radius 3 is 2.89 bits per heavy atom. The molecule has 0 aliphatic heterocycles. The topological polar surface area (TPSA) is 55.1 Å². The van der Waals surface area contributed by atoms with Crippen LogP contribution in [0.4, 0.5) is 0 Å². The molecule has 18 heavy (non-hydrogen) atoms. The monoisotopic (exact) mass is 242 g/mol. The van der Waals surface area contributed by atoms with Gasteiger partial charge in [0.1, 0.15) is 0 Å². The maximum Gasteiger partial charge on any atom is 0.243 e. The molecule has 1 aromatic carbocycles. The van der Waals surface area contributed by atoms with Crippen LogP contribution in [0, 0.1) is 0 Å². The van der Waals surface area contributed by atoms with Crippen molar-refractivity contribution < 1.29 is 9.32 Å². The molecule has 92 valence electrons. The molecular weight excluding hydrogens is 228 g/mol. The fourth-order valence-electron chi connectivity index (χ4n) is 1.57. The van der Waals surface area contributed by atoms with Gasteiger partial charge in [0, 0.05) is 23.7 Å². The van der Waals surface area contributed by atoms with E-state index < -0.39 is 0 Å². The van der Waals surface area contributed by atoms with Crippen molar-refractivity contribution in [3.63, 3.8) is 0 Å². The summed E-state index contributed by atoms with van der Waals surface area (Å²) in [7, 11) is 0. The van der Waals surface area contributed by atoms with E-state index >= 15 is 0 Å². The van der Waals surface area contributed by atoms with Gasteiger partial charge in [-0.2, -0.15) is 0 Å². The zero-order valence-corrected chi connectivity index (χ0v) is 10.1. The first-order valence-electron chi connectivity index (χ1n) is 5.77. The summed E-state index contributed by atoms with van der Waals surface area (Å²) in [5.74, 6) is 0.536. The van der Waals surface area contributed by atoms with Crippen molar-refractivity contribution in [1.29, 1.82) is 0 Å². The van der Waals surface area contributed by atoms with E-state index in [1.807, 2.05) is 37.3 Å². The molecule has 0 radical (unpaired) electrons. The van der Waals surface area contributed by atoms with Gasteiger partial charge in [0.25, 0.3) is 0 Å². The number of amides is 1. The minimum atomic E-state index is -0.127. The van der Waals surface area contributed by atoms with Crippen molar-refractivity contribution in [2.24, 2.45) is 0 Å². The van der Waals surface area contributed by atoms with Crippen LogP contribution in [0.5, 0.6) is 0 Å². The van der Waals surface area contributed by atoms with Crippen LogP contribution in [-0.4, -0.2) is 17.6 Å². The van der Waals surface area contributed by atoms with E-state index in [9.17, 15) is 4.79 Å². The Hall–Kier alpha value is -2.36. The van der Waals surface area contributed by atoms with Crippen LogP contribution in [0.15, 0.2) is 47.1 Å². The zero-order chi connectivity index (χ0) is 12.8. The summed E-state index contributed by atoms with van der Waals surface area (Å²) in [5.41, 5.74) is 1.72. The van der Waals surface area contributed by atoms with Crippen molar-refractivity contribution in [2.45, 2.75) is 6.92 Å². The van der Waals surface area contributed by atoms with Crippen LogP contribution in [0.1, 0.15) is 12.5 Å². The van der Waals surface area contributed by atoms with Crippen LogP contribution < -0.4 is 5.32 Å². The van der Waals surface area contributed by atoms with E-state index in [0.29, 0.717) is 12.3 Å². The lowest BCUT2D eigenvalue weighted by atomic mass is 10.1. The van der Waals surface area contributed by atoms with E-state index in [-0.39, 0.29) is 5.91 Å². The maximum atomic E-state index is 11.3. The molecular formula is C14H14N2O2. The van der Waals surface area contributed by atoms with Crippen molar-refractivity contribution in [2.75, 3.05) is 6.54 Å². The summed E-state index contributed by atoms with van der Waals surface area (Å²) in [5, 5.41) is 6.45. The number of hydrogen-bond donors (Lipinski definition) is 1. The molecule has 4 heteroatoms. The third-order valence-electron chi connectivity index (χ3n) is 2.40. The van der Waals surface area contributed by atoms with Crippen molar-refractivity contribution in [1.82, 2.24) is 10.5 Å². The lowest BCUT2D eigenvalue weighted by molar-refractivity contribution is -0.116. The Kier molecular flexibility index (Phi) is 3.91. The largest absolute Gasteiger partial charge is 0.356 e. The Bertz CT molecular complexity index is 544. The molecule has 2 aromatic rings. The van der Waals surface area contributed by atoms with Crippen LogP contribution in [0.2, 0.25) is 0 Å². The van der Waals surface area contributed by atoms with Gasteiger partial charge in [-0.3, -0.25) is 4.79 Å². The Morgan fingerprint density at radius 1 is 1.39 bits per heavy atom. The first kappa shape index (κ1) is 12.1. The smallest absolute Gasteiger partial charge is 0.243 e. The predicted molar refractivity (Wildman–Crippen MR) is 69.7 cm³/mol. The van der Waals surface area contributed by atoms with E-state index in [2.05, 4.69) is 10.5 Å². The van der Waals surface area contributed by atoms with Gasteiger partial charge in [0.15, 0.2) is 5.76 Å². The molecule has 0 unspecified atom stereocenters. The highest BCUT2D eigenvalue weighted by Crippen LogP contribution is 2.23. The molecule has 2 rings (SSSR count). The van der Waals surface area contributed by atoms with Crippen LogP contribution in [-0.2, 0) is 4.79 Å². The molecule has 1 N–H and O–H groups in total. The lowest BCUT2D eigenvalue weighted by Crippen LogP contribution is -2.19. The number of carbonyl (C=O) groups is 1. The Morgan fingerprint density at radius 2 is 2.17 bits per heavy atom. The maximum absolute atomic E-state index is 11.3. The fraction of sp³-hybridized carbons (Fsp3) is 0.143. The van der Waals surface area contributed by atoms with Gasteiger partial charge in [0.2, 0.25) is 5.91 Å². The molecule has 0 fully saturated rings. The number of benzene rings is 1. The second kappa shape index (κ2) is 5.82. The Balaban J connectivity index is 2.21.